The number of rotatable bonds is 5. The maximum absolute atomic E-state index is 12.7. The van der Waals surface area contributed by atoms with E-state index in [-0.39, 0.29) is 6.61 Å². The Balaban J connectivity index is 0.000000384. The van der Waals surface area contributed by atoms with Gasteiger partial charge in [0.25, 0.3) is 0 Å². The number of nitrogens with zero attached hydrogens (tertiary/aromatic N) is 4. The normalized spacial score (nSPS) is 21.6. The lowest BCUT2D eigenvalue weighted by atomic mass is 10.0. The number of benzene rings is 1. The van der Waals surface area contributed by atoms with E-state index in [0.717, 1.165) is 44.6 Å². The molecule has 1 N–H and O–H groups in total. The Morgan fingerprint density at radius 3 is 2.61 bits per heavy atom. The summed E-state index contributed by atoms with van der Waals surface area (Å²) < 4.78 is 46.2. The highest BCUT2D eigenvalue weighted by molar-refractivity contribution is 5.73. The first-order valence-electron chi connectivity index (χ1n) is 11.5. The van der Waals surface area contributed by atoms with Crippen molar-refractivity contribution in [2.24, 2.45) is 5.92 Å². The Hall–Kier alpha value is -3.19. The summed E-state index contributed by atoms with van der Waals surface area (Å²) in [7, 11) is 1.67. The minimum atomic E-state index is -5.08. The van der Waals surface area contributed by atoms with Crippen molar-refractivity contribution < 1.29 is 32.5 Å². The van der Waals surface area contributed by atoms with Crippen LogP contribution in [0.15, 0.2) is 33.9 Å². The van der Waals surface area contributed by atoms with Gasteiger partial charge in [0.1, 0.15) is 18.0 Å². The molecule has 1 aliphatic carbocycles. The van der Waals surface area contributed by atoms with E-state index in [0.29, 0.717) is 24.8 Å². The number of alkyl halides is 3. The van der Waals surface area contributed by atoms with Crippen LogP contribution in [0.5, 0.6) is 5.75 Å². The van der Waals surface area contributed by atoms with Gasteiger partial charge in [0.2, 0.25) is 0 Å². The molecule has 1 aromatic carbocycles. The fourth-order valence-electron chi connectivity index (χ4n) is 4.41. The number of ether oxygens (including phenoxy) is 2. The Kier molecular flexibility index (Phi) is 7.23. The fraction of sp³-hybridized carbons (Fsp3) is 0.565. The van der Waals surface area contributed by atoms with Gasteiger partial charge in [0.05, 0.1) is 13.7 Å². The predicted molar refractivity (Wildman–Crippen MR) is 120 cm³/mol. The van der Waals surface area contributed by atoms with Gasteiger partial charge in [-0.2, -0.15) is 18.3 Å². The Labute approximate surface area is 203 Å². The van der Waals surface area contributed by atoms with Gasteiger partial charge in [-0.1, -0.05) is 12.1 Å². The van der Waals surface area contributed by atoms with Gasteiger partial charge in [0, 0.05) is 26.2 Å². The van der Waals surface area contributed by atoms with Crippen LogP contribution in [-0.2, 0) is 35.8 Å². The number of aliphatic carboxylic acids is 1. The largest absolute Gasteiger partial charge is 0.497 e. The van der Waals surface area contributed by atoms with Crippen molar-refractivity contribution in [3.05, 3.63) is 56.4 Å². The number of halogens is 3. The van der Waals surface area contributed by atoms with Crippen LogP contribution >= 0.6 is 0 Å². The van der Waals surface area contributed by atoms with Crippen LogP contribution < -0.4 is 15.9 Å². The van der Waals surface area contributed by atoms with Crippen LogP contribution in [0.2, 0.25) is 0 Å². The van der Waals surface area contributed by atoms with E-state index in [1.54, 1.807) is 11.7 Å². The summed E-state index contributed by atoms with van der Waals surface area (Å²) in [6.07, 6.45) is -2.04. The molecule has 2 aromatic rings. The summed E-state index contributed by atoms with van der Waals surface area (Å²) in [6.45, 7) is 3.61. The first kappa shape index (κ1) is 25.9. The van der Waals surface area contributed by atoms with E-state index in [4.69, 9.17) is 19.4 Å². The average molecular weight is 512 g/mol. The monoisotopic (exact) mass is 512 g/mol. The van der Waals surface area contributed by atoms with E-state index in [1.165, 1.54) is 10.2 Å². The predicted octanol–water partition coefficient (Wildman–Crippen LogP) is 1.63. The second kappa shape index (κ2) is 10.1. The molecule has 5 rings (SSSR count). The topological polar surface area (TPSA) is 116 Å². The third-order valence-corrected chi connectivity index (χ3v) is 6.47. The van der Waals surface area contributed by atoms with Gasteiger partial charge in [-0.3, -0.25) is 19.1 Å². The lowest BCUT2D eigenvalue weighted by Crippen LogP contribution is -2.53. The quantitative estimate of drug-likeness (QED) is 0.602. The summed E-state index contributed by atoms with van der Waals surface area (Å²) in [5.74, 6) is -0.863. The molecule has 2 aliphatic heterocycles. The van der Waals surface area contributed by atoms with Gasteiger partial charge in [-0.15, -0.1) is 0 Å². The van der Waals surface area contributed by atoms with E-state index < -0.39 is 28.9 Å². The molecule has 3 heterocycles. The van der Waals surface area contributed by atoms with Crippen molar-refractivity contribution in [2.45, 2.75) is 57.3 Å². The second-order valence-corrected chi connectivity index (χ2v) is 9.32. The zero-order valence-electron chi connectivity index (χ0n) is 19.7. The SMILES string of the molecule is COc1cccc(CN2CCC3(C2)Cn2c(nn(CC4CC4)c(=O)c2=O)CO3)c1.O=C(O)C(F)(F)F. The second-order valence-electron chi connectivity index (χ2n) is 9.32. The summed E-state index contributed by atoms with van der Waals surface area (Å²) in [4.78, 5) is 36.4. The Morgan fingerprint density at radius 1 is 1.25 bits per heavy atom. The smallest absolute Gasteiger partial charge is 0.490 e. The molecular weight excluding hydrogens is 485 g/mol. The minimum absolute atomic E-state index is 0.271. The van der Waals surface area contributed by atoms with E-state index in [1.807, 2.05) is 18.2 Å². The van der Waals surface area contributed by atoms with Crippen molar-refractivity contribution in [1.29, 1.82) is 0 Å². The lowest BCUT2D eigenvalue weighted by Gasteiger charge is -2.35. The number of aromatic nitrogens is 3. The lowest BCUT2D eigenvalue weighted by molar-refractivity contribution is -0.192. The number of carbonyl (C=O) groups is 1. The first-order valence-corrected chi connectivity index (χ1v) is 11.5. The molecule has 36 heavy (non-hydrogen) atoms. The zero-order chi connectivity index (χ0) is 26.1. The highest BCUT2D eigenvalue weighted by atomic mass is 19.4. The molecule has 1 aromatic heterocycles. The molecule has 1 saturated heterocycles. The highest BCUT2D eigenvalue weighted by Crippen LogP contribution is 2.33. The van der Waals surface area contributed by atoms with Gasteiger partial charge >= 0.3 is 23.3 Å². The van der Waals surface area contributed by atoms with E-state index in [9.17, 15) is 22.8 Å². The summed E-state index contributed by atoms with van der Waals surface area (Å²) >= 11 is 0. The number of carboxylic acids is 1. The van der Waals surface area contributed by atoms with Gasteiger partial charge in [-0.05, 0) is 42.9 Å². The minimum Gasteiger partial charge on any atom is -0.497 e. The fourth-order valence-corrected chi connectivity index (χ4v) is 4.41. The maximum Gasteiger partial charge on any atom is 0.490 e. The molecule has 0 radical (unpaired) electrons. The molecule has 10 nitrogen and oxygen atoms in total. The number of fused-ring (bicyclic) bond motifs is 1. The van der Waals surface area contributed by atoms with Crippen LogP contribution in [0.1, 0.15) is 30.7 Å². The van der Waals surface area contributed by atoms with Crippen LogP contribution in [0.4, 0.5) is 13.2 Å². The molecule has 1 spiro atoms. The summed E-state index contributed by atoms with van der Waals surface area (Å²) in [5, 5.41) is 11.6. The molecule has 1 saturated carbocycles. The first-order chi connectivity index (χ1) is 17.0. The highest BCUT2D eigenvalue weighted by Gasteiger charge is 2.43. The van der Waals surface area contributed by atoms with Crippen LogP contribution in [-0.4, -0.2) is 62.3 Å². The van der Waals surface area contributed by atoms with Gasteiger partial charge < -0.3 is 14.6 Å². The maximum atomic E-state index is 12.7. The number of methoxy groups -OCH3 is 1. The van der Waals surface area contributed by atoms with Crippen molar-refractivity contribution in [3.8, 4) is 5.75 Å². The third-order valence-electron chi connectivity index (χ3n) is 6.47. The van der Waals surface area contributed by atoms with Crippen LogP contribution in [0, 0.1) is 5.92 Å². The Bertz CT molecular complexity index is 1240. The van der Waals surface area contributed by atoms with Crippen LogP contribution in [0.3, 0.4) is 0 Å². The molecule has 3 aliphatic rings. The number of hydrogen-bond acceptors (Lipinski definition) is 7. The molecular formula is C23H27F3N4O6. The number of likely N-dealkylation sites (tertiary alicyclic amines) is 1. The molecule has 0 bridgehead atoms. The zero-order valence-corrected chi connectivity index (χ0v) is 19.7. The molecule has 196 valence electrons. The van der Waals surface area contributed by atoms with E-state index >= 15 is 0 Å². The molecule has 0 amide bonds. The van der Waals surface area contributed by atoms with Crippen molar-refractivity contribution in [2.75, 3.05) is 20.2 Å². The molecule has 13 heteroatoms. The van der Waals surface area contributed by atoms with Gasteiger partial charge in [-0.25, -0.2) is 9.48 Å². The standard InChI is InChI=1S/C21H26N4O4.C2HF3O2/c1-28-17-4-2-3-16(9-17)10-23-8-7-21(13-23)14-24-18(12-29-21)22-25(11-15-5-6-15)20(27)19(24)26;3-2(4,5)1(6)7/h2-4,9,15H,5-8,10-14H2,1H3;(H,6,7). The number of carboxylic acid groups (broad SMARTS) is 1. The molecule has 1 unspecified atom stereocenters. The van der Waals surface area contributed by atoms with Crippen molar-refractivity contribution in [3.63, 3.8) is 0 Å². The Morgan fingerprint density at radius 2 is 1.97 bits per heavy atom. The van der Waals surface area contributed by atoms with Crippen molar-refractivity contribution in [1.82, 2.24) is 19.2 Å². The average Bonchev–Trinajstić information content (AvgIpc) is 3.58. The van der Waals surface area contributed by atoms with E-state index in [2.05, 4.69) is 16.1 Å². The summed E-state index contributed by atoms with van der Waals surface area (Å²) in [5.41, 5.74) is -0.236. The van der Waals surface area contributed by atoms with Gasteiger partial charge in [0.15, 0.2) is 5.82 Å². The van der Waals surface area contributed by atoms with Crippen LogP contribution in [0.25, 0.3) is 0 Å². The third kappa shape index (κ3) is 5.95. The van der Waals surface area contributed by atoms with Crippen molar-refractivity contribution >= 4 is 5.97 Å². The molecule has 1 atom stereocenters. The summed E-state index contributed by atoms with van der Waals surface area (Å²) in [6, 6.07) is 8.05. The number of hydrogen-bond donors (Lipinski definition) is 1. The molecule has 2 fully saturated rings.